The third-order valence-electron chi connectivity index (χ3n) is 19.6. The highest BCUT2D eigenvalue weighted by atomic mass is 35.5. The summed E-state index contributed by atoms with van der Waals surface area (Å²) in [6, 6.07) is 9.43. The van der Waals surface area contributed by atoms with Gasteiger partial charge in [0.15, 0.2) is 22.6 Å². The number of aromatic nitrogens is 16. The number of benzene rings is 1. The van der Waals surface area contributed by atoms with Crippen molar-refractivity contribution in [2.24, 2.45) is 0 Å². The standard InChI is InChI=1S/C21H36N6O3Si.C20H34N6O3Si.C18H19Cl2N7O.C16H28N6OSi/c1-21(2,3)30-20(28)26-9-8-16(13-26)25(4)18-17-12-24-27(19(17)23-14-22-18)15-29-10-11-31(5,6)7;1-20(2,3)29-19(27)25-8-7-15(12-25)24-17-16-11-23-26(18(16)22-13-21-17)14-28-9-10-30(4,5)6;1-26(18-15-7-24-25-17(15)22-10-23-18)14-2-3-27(9-14)16(28)8-21-13-5-11(19)4-12(20)6-13;1-21(13-5-6-17-9-13)15-14-10-20-22(16(14)19-11-18-15)12-23-7-8-24(2,3)4/h12,14,16H,8-11,13,15H2,1-7H3;11,13,15H,7-10,12,14H2,1-6H3,(H,21,22,24);4-7,10,14,21H,2-3,8-9H2,1H3,(H,22,23,24,25);10-11,13,17H,5-9,12H2,1-4H3/t16-;15-;14-;13-/m1111/s1. The third kappa shape index (κ3) is 25.2. The van der Waals surface area contributed by atoms with Crippen molar-refractivity contribution < 1.29 is 38.1 Å². The van der Waals surface area contributed by atoms with E-state index in [0.29, 0.717) is 81.2 Å². The van der Waals surface area contributed by atoms with Gasteiger partial charge in [-0.05, 0) is 110 Å². The van der Waals surface area contributed by atoms with Gasteiger partial charge in [-0.3, -0.25) is 9.89 Å². The van der Waals surface area contributed by atoms with Gasteiger partial charge in [-0.15, -0.1) is 0 Å². The van der Waals surface area contributed by atoms with Gasteiger partial charge in [0.2, 0.25) is 5.91 Å². The summed E-state index contributed by atoms with van der Waals surface area (Å²) in [5, 5.41) is 34.8. The summed E-state index contributed by atoms with van der Waals surface area (Å²) in [6.45, 7) is 41.9. The maximum Gasteiger partial charge on any atom is 0.410 e. The molecule has 0 aliphatic carbocycles. The minimum Gasteiger partial charge on any atom is -0.444 e. The Kier molecular flexibility index (Phi) is 29.5. The Morgan fingerprint density at radius 3 is 1.44 bits per heavy atom. The number of hydrogen-bond donors (Lipinski definition) is 4. The maximum atomic E-state index is 12.6. The number of halogens is 2. The SMILES string of the molecule is CC(C)(C)OC(=O)N1CC[C@@H](Nc2ncnc3c2cnn3COCC[Si](C)(C)C)C1.CN(c1ncnc2[nH]ncc12)[C@@H]1CCN(C(=O)CNc2cc(Cl)cc(Cl)c2)C1.CN(c1ncnc2c1cnn2COCC[Si](C)(C)C)[C@@H]1CCN(C(=O)OC(C)(C)C)C1.CN(c1ncnc2c1cnn2COCC[Si](C)(C)C)[C@@H]1CCNC1. The van der Waals surface area contributed by atoms with Gasteiger partial charge in [0.25, 0.3) is 0 Å². The van der Waals surface area contributed by atoms with Crippen LogP contribution in [0.1, 0.15) is 67.2 Å². The van der Waals surface area contributed by atoms with Gasteiger partial charge in [0.05, 0.1) is 52.9 Å². The number of fused-ring (bicyclic) bond motifs is 4. The normalized spacial score (nSPS) is 17.4. The number of carbonyl (C=O) groups is 3. The molecule has 4 fully saturated rings. The number of nitrogens with one attached hydrogen (secondary N) is 4. The summed E-state index contributed by atoms with van der Waals surface area (Å²) in [4.78, 5) is 84.3. The van der Waals surface area contributed by atoms with E-state index < -0.39 is 35.4 Å². The van der Waals surface area contributed by atoms with Crippen LogP contribution < -0.4 is 30.7 Å². The molecule has 113 heavy (non-hydrogen) atoms. The number of aromatic amines is 1. The van der Waals surface area contributed by atoms with Gasteiger partial charge < -0.3 is 69.0 Å². The Hall–Kier alpha value is -8.50. The highest BCUT2D eigenvalue weighted by Crippen LogP contribution is 2.32. The van der Waals surface area contributed by atoms with Crippen molar-refractivity contribution in [2.75, 3.05) is 125 Å². The zero-order valence-corrected chi connectivity index (χ0v) is 73.6. The minimum atomic E-state index is -1.12. The number of likely N-dealkylation sites (tertiary alicyclic amines) is 3. The molecule has 4 atom stereocenters. The lowest BCUT2D eigenvalue weighted by Crippen LogP contribution is -2.39. The predicted octanol–water partition coefficient (Wildman–Crippen LogP) is 11.9. The third-order valence-corrected chi connectivity index (χ3v) is 25.2. The van der Waals surface area contributed by atoms with Gasteiger partial charge in [-0.2, -0.15) is 20.4 Å². The second-order valence-corrected chi connectivity index (χ2v) is 52.6. The molecule has 4 N–H and O–H groups in total. The van der Waals surface area contributed by atoms with Crippen molar-refractivity contribution in [3.8, 4) is 0 Å². The molecule has 4 saturated heterocycles. The number of anilines is 5. The summed E-state index contributed by atoms with van der Waals surface area (Å²) in [5.41, 5.74) is 2.77. The summed E-state index contributed by atoms with van der Waals surface area (Å²) < 4.78 is 33.8. The fraction of sp³-hybridized carbons (Fsp3) is 0.613. The molecular weight excluding hydrogens is 1530 g/mol. The van der Waals surface area contributed by atoms with Crippen molar-refractivity contribution in [1.29, 1.82) is 0 Å². The van der Waals surface area contributed by atoms with Crippen LogP contribution in [-0.2, 0) is 48.7 Å². The summed E-state index contributed by atoms with van der Waals surface area (Å²) in [7, 11) is 2.79. The second-order valence-electron chi connectivity index (χ2n) is 34.8. The number of likely N-dealkylation sites (N-methyl/N-ethyl adjacent to an activating group) is 3. The van der Waals surface area contributed by atoms with Crippen molar-refractivity contribution in [1.82, 2.24) is 99.4 Å². The van der Waals surface area contributed by atoms with E-state index in [1.54, 1.807) is 68.6 Å². The van der Waals surface area contributed by atoms with Gasteiger partial charge in [-0.25, -0.2) is 63.5 Å². The maximum absolute atomic E-state index is 12.6. The molecule has 616 valence electrons. The Bertz CT molecular complexity index is 4590. The van der Waals surface area contributed by atoms with Crippen LogP contribution in [0.4, 0.5) is 38.5 Å². The van der Waals surface area contributed by atoms with Gasteiger partial charge in [-0.1, -0.05) is 82.1 Å². The van der Waals surface area contributed by atoms with E-state index in [9.17, 15) is 14.4 Å². The van der Waals surface area contributed by atoms with E-state index in [4.69, 9.17) is 46.9 Å². The number of amides is 3. The van der Waals surface area contributed by atoms with Crippen LogP contribution in [0.15, 0.2) is 68.3 Å². The predicted molar refractivity (Wildman–Crippen MR) is 452 cm³/mol. The Morgan fingerprint density at radius 1 is 0.522 bits per heavy atom. The first-order chi connectivity index (χ1) is 53.4. The average Bonchev–Trinajstić information content (AvgIpc) is 1.64. The van der Waals surface area contributed by atoms with Gasteiger partial charge >= 0.3 is 12.2 Å². The molecular formula is C75H117Cl2N25O8Si3. The molecule has 0 radical (unpaired) electrons. The largest absolute Gasteiger partial charge is 0.444 e. The molecule has 13 rings (SSSR count). The molecule has 0 unspecified atom stereocenters. The first-order valence-corrected chi connectivity index (χ1v) is 50.8. The topological polar surface area (TPSA) is 338 Å². The fourth-order valence-electron chi connectivity index (χ4n) is 13.1. The molecule has 8 aromatic heterocycles. The number of ether oxygens (including phenoxy) is 5. The van der Waals surface area contributed by atoms with Crippen molar-refractivity contribution in [2.45, 2.75) is 200 Å². The lowest BCUT2D eigenvalue weighted by molar-refractivity contribution is -0.128. The van der Waals surface area contributed by atoms with Gasteiger partial charge in [0, 0.05) is 151 Å². The molecule has 0 spiro atoms. The second kappa shape index (κ2) is 38.3. The summed E-state index contributed by atoms with van der Waals surface area (Å²) in [6.07, 6.45) is 16.5. The molecule has 4 aliphatic rings. The van der Waals surface area contributed by atoms with E-state index in [-0.39, 0.29) is 42.8 Å². The summed E-state index contributed by atoms with van der Waals surface area (Å²) in [5.74, 6) is 3.33. The van der Waals surface area contributed by atoms with Crippen molar-refractivity contribution in [3.63, 3.8) is 0 Å². The van der Waals surface area contributed by atoms with Crippen LogP contribution in [0.5, 0.6) is 0 Å². The highest BCUT2D eigenvalue weighted by Gasteiger charge is 2.36. The monoisotopic (exact) mass is 1650 g/mol. The molecule has 33 nitrogen and oxygen atoms in total. The van der Waals surface area contributed by atoms with Crippen LogP contribution in [-0.4, -0.2) is 272 Å². The number of hydrogen-bond acceptors (Lipinski definition) is 26. The first kappa shape index (κ1) is 86.9. The molecule has 9 aromatic rings. The van der Waals surface area contributed by atoms with E-state index >= 15 is 0 Å². The molecule has 12 heterocycles. The fourth-order valence-corrected chi connectivity index (χ4v) is 15.9. The zero-order valence-electron chi connectivity index (χ0n) is 69.1. The van der Waals surface area contributed by atoms with E-state index in [0.717, 1.165) is 144 Å². The van der Waals surface area contributed by atoms with Crippen molar-refractivity contribution >= 4 is 139 Å². The van der Waals surface area contributed by atoms with E-state index in [2.05, 4.69) is 162 Å². The quantitative estimate of drug-likeness (QED) is 0.0289. The number of H-pyrrole nitrogens is 1. The van der Waals surface area contributed by atoms with Crippen LogP contribution in [0.25, 0.3) is 44.1 Å². The Morgan fingerprint density at radius 2 is 0.956 bits per heavy atom. The lowest BCUT2D eigenvalue weighted by Gasteiger charge is -2.27. The molecule has 3 amide bonds. The van der Waals surface area contributed by atoms with Crippen LogP contribution in [0.2, 0.25) is 87.1 Å². The first-order valence-electron chi connectivity index (χ1n) is 38.9. The molecule has 4 aliphatic heterocycles. The number of rotatable bonds is 26. The lowest BCUT2D eigenvalue weighted by atomic mass is 10.2. The highest BCUT2D eigenvalue weighted by molar-refractivity contribution is 6.76. The average molecular weight is 1650 g/mol. The number of carbonyl (C=O) groups excluding carboxylic acids is 3. The van der Waals surface area contributed by atoms with Crippen LogP contribution in [0, 0.1) is 0 Å². The molecule has 0 bridgehead atoms. The minimum absolute atomic E-state index is 0.0307. The van der Waals surface area contributed by atoms with Crippen LogP contribution in [0.3, 0.4) is 0 Å². The molecule has 1 aromatic carbocycles. The molecule has 0 saturated carbocycles. The van der Waals surface area contributed by atoms with Gasteiger partial charge in [0.1, 0.15) is 80.0 Å². The Balaban J connectivity index is 0.000000160. The number of nitrogens with zero attached hydrogens (tertiary/aromatic N) is 21. The van der Waals surface area contributed by atoms with Crippen LogP contribution >= 0.6 is 23.2 Å². The zero-order chi connectivity index (χ0) is 81.6. The van der Waals surface area contributed by atoms with Crippen molar-refractivity contribution in [3.05, 3.63) is 78.3 Å². The van der Waals surface area contributed by atoms with E-state index in [1.165, 1.54) is 12.7 Å². The Labute approximate surface area is 675 Å². The summed E-state index contributed by atoms with van der Waals surface area (Å²) >= 11 is 12.0. The smallest absolute Gasteiger partial charge is 0.410 e. The molecule has 38 heteroatoms. The van der Waals surface area contributed by atoms with E-state index in [1.807, 2.05) is 71.4 Å².